The molecule has 12 heavy (non-hydrogen) atoms. The Morgan fingerprint density at radius 1 is 1.33 bits per heavy atom. The van der Waals surface area contributed by atoms with Crippen molar-refractivity contribution in [2.45, 2.75) is 19.1 Å². The summed E-state index contributed by atoms with van der Waals surface area (Å²) in [4.78, 5) is 2.11. The van der Waals surface area contributed by atoms with Crippen LogP contribution in [-0.2, 0) is 0 Å². The van der Waals surface area contributed by atoms with Crippen LogP contribution in [0.25, 0.3) is 0 Å². The van der Waals surface area contributed by atoms with Gasteiger partial charge >= 0.3 is 0 Å². The highest BCUT2D eigenvalue weighted by molar-refractivity contribution is 5.59. The third-order valence-corrected chi connectivity index (χ3v) is 2.70. The van der Waals surface area contributed by atoms with E-state index in [1.54, 1.807) is 0 Å². The Hall–Kier alpha value is -1.02. The van der Waals surface area contributed by atoms with Gasteiger partial charge in [0, 0.05) is 18.3 Å². The molecule has 1 aliphatic heterocycles. The summed E-state index contributed by atoms with van der Waals surface area (Å²) < 4.78 is 0. The summed E-state index contributed by atoms with van der Waals surface area (Å²) in [6.45, 7) is 2.03. The van der Waals surface area contributed by atoms with E-state index in [1.807, 2.05) is 38.2 Å². The fraction of sp³-hybridized carbons (Fsp3) is 0.400. The van der Waals surface area contributed by atoms with Crippen molar-refractivity contribution in [2.24, 2.45) is 0 Å². The number of para-hydroxylation sites is 1. The highest BCUT2D eigenvalue weighted by Gasteiger charge is 2.30. The molecule has 0 aliphatic carbocycles. The molecule has 2 nitrogen and oxygen atoms in total. The first kappa shape index (κ1) is 7.62. The van der Waals surface area contributed by atoms with Crippen LogP contribution in [0.1, 0.15) is 18.6 Å². The summed E-state index contributed by atoms with van der Waals surface area (Å²) in [6.07, 6.45) is -0.328. The number of likely N-dealkylation sites (N-methyl/N-ethyl adjacent to an activating group) is 1. The van der Waals surface area contributed by atoms with Gasteiger partial charge in [0.05, 0.1) is 6.04 Å². The van der Waals surface area contributed by atoms with Crippen molar-refractivity contribution in [3.63, 3.8) is 0 Å². The van der Waals surface area contributed by atoms with Crippen LogP contribution < -0.4 is 4.90 Å². The van der Waals surface area contributed by atoms with Gasteiger partial charge in [-0.3, -0.25) is 0 Å². The molecular weight excluding hydrogens is 150 g/mol. The molecule has 0 spiro atoms. The monoisotopic (exact) mass is 163 g/mol. The number of hydrogen-bond acceptors (Lipinski definition) is 2. The van der Waals surface area contributed by atoms with Crippen molar-refractivity contribution in [2.75, 3.05) is 11.9 Å². The molecule has 0 amide bonds. The summed E-state index contributed by atoms with van der Waals surface area (Å²) in [7, 11) is 2.01. The van der Waals surface area contributed by atoms with Gasteiger partial charge in [-0.2, -0.15) is 0 Å². The highest BCUT2D eigenvalue weighted by Crippen LogP contribution is 2.37. The maximum atomic E-state index is 9.78. The third-order valence-electron chi connectivity index (χ3n) is 2.70. The van der Waals surface area contributed by atoms with Crippen LogP contribution >= 0.6 is 0 Å². The Labute approximate surface area is 72.4 Å². The molecule has 0 unspecified atom stereocenters. The van der Waals surface area contributed by atoms with E-state index in [2.05, 4.69) is 4.90 Å². The molecule has 1 aromatic rings. The number of nitrogens with zero attached hydrogens (tertiary/aromatic N) is 1. The van der Waals surface area contributed by atoms with E-state index in [1.165, 1.54) is 0 Å². The maximum Gasteiger partial charge on any atom is 0.101 e. The maximum absolute atomic E-state index is 9.78. The fourth-order valence-electron chi connectivity index (χ4n) is 1.75. The number of fused-ring (bicyclic) bond motifs is 1. The summed E-state index contributed by atoms with van der Waals surface area (Å²) >= 11 is 0. The number of aliphatic hydroxyl groups excluding tert-OH is 1. The van der Waals surface area contributed by atoms with Gasteiger partial charge in [0.25, 0.3) is 0 Å². The molecule has 0 radical (unpaired) electrons. The normalized spacial score (nSPS) is 27.4. The second-order valence-corrected chi connectivity index (χ2v) is 3.36. The van der Waals surface area contributed by atoms with Crippen LogP contribution in [0.5, 0.6) is 0 Å². The van der Waals surface area contributed by atoms with E-state index < -0.39 is 0 Å². The van der Waals surface area contributed by atoms with Gasteiger partial charge in [0.2, 0.25) is 0 Å². The van der Waals surface area contributed by atoms with Crippen molar-refractivity contribution >= 4 is 5.69 Å². The van der Waals surface area contributed by atoms with Crippen molar-refractivity contribution in [1.29, 1.82) is 0 Å². The number of hydrogen-bond donors (Lipinski definition) is 1. The summed E-state index contributed by atoms with van der Waals surface area (Å²) in [5.74, 6) is 0. The van der Waals surface area contributed by atoms with E-state index >= 15 is 0 Å². The quantitative estimate of drug-likeness (QED) is 0.627. The van der Waals surface area contributed by atoms with Crippen LogP contribution in [0.4, 0.5) is 5.69 Å². The molecule has 64 valence electrons. The van der Waals surface area contributed by atoms with Gasteiger partial charge in [-0.05, 0) is 13.0 Å². The standard InChI is InChI=1S/C10H13NO/c1-7-10(12)8-5-3-4-6-9(8)11(7)2/h3-7,10,12H,1-2H3/t7-,10-/m0/s1. The van der Waals surface area contributed by atoms with Crippen LogP contribution in [0.3, 0.4) is 0 Å². The number of aliphatic hydroxyl groups is 1. The number of anilines is 1. The van der Waals surface area contributed by atoms with Crippen molar-refractivity contribution in [1.82, 2.24) is 0 Å². The Morgan fingerprint density at radius 3 is 2.67 bits per heavy atom. The molecule has 0 bridgehead atoms. The predicted molar refractivity (Wildman–Crippen MR) is 49.3 cm³/mol. The highest BCUT2D eigenvalue weighted by atomic mass is 16.3. The van der Waals surface area contributed by atoms with Crippen molar-refractivity contribution in [3.05, 3.63) is 29.8 Å². The second kappa shape index (κ2) is 2.49. The SMILES string of the molecule is C[C@H]1[C@H](O)c2ccccc2N1C. The van der Waals surface area contributed by atoms with Gasteiger partial charge in [-0.15, -0.1) is 0 Å². The molecule has 2 rings (SSSR count). The van der Waals surface area contributed by atoms with Gasteiger partial charge in [0.1, 0.15) is 6.10 Å². The molecule has 0 aromatic heterocycles. The Bertz CT molecular complexity index is 269. The molecular formula is C10H13NO. The second-order valence-electron chi connectivity index (χ2n) is 3.36. The summed E-state index contributed by atoms with van der Waals surface area (Å²) in [6, 6.07) is 8.19. The van der Waals surface area contributed by atoms with Crippen LogP contribution in [0, 0.1) is 0 Å². The average molecular weight is 163 g/mol. The molecule has 2 atom stereocenters. The van der Waals surface area contributed by atoms with Gasteiger partial charge in [-0.25, -0.2) is 0 Å². The summed E-state index contributed by atoms with van der Waals surface area (Å²) in [5, 5.41) is 9.78. The molecule has 1 heterocycles. The first-order chi connectivity index (χ1) is 5.72. The van der Waals surface area contributed by atoms with E-state index in [0.29, 0.717) is 0 Å². The topological polar surface area (TPSA) is 23.5 Å². The molecule has 1 aliphatic rings. The smallest absolute Gasteiger partial charge is 0.101 e. The van der Waals surface area contributed by atoms with Crippen LogP contribution in [0.2, 0.25) is 0 Å². The Morgan fingerprint density at radius 2 is 2.00 bits per heavy atom. The summed E-state index contributed by atoms with van der Waals surface area (Å²) in [5.41, 5.74) is 2.20. The fourth-order valence-corrected chi connectivity index (χ4v) is 1.75. The number of rotatable bonds is 0. The zero-order chi connectivity index (χ0) is 8.72. The molecule has 1 N–H and O–H groups in total. The molecule has 1 aromatic carbocycles. The average Bonchev–Trinajstić information content (AvgIpc) is 2.33. The lowest BCUT2D eigenvalue weighted by Gasteiger charge is -2.19. The van der Waals surface area contributed by atoms with E-state index in [9.17, 15) is 5.11 Å². The van der Waals surface area contributed by atoms with Crippen molar-refractivity contribution < 1.29 is 5.11 Å². The minimum atomic E-state index is -0.328. The molecule has 0 saturated carbocycles. The lowest BCUT2D eigenvalue weighted by molar-refractivity contribution is 0.163. The van der Waals surface area contributed by atoms with Crippen LogP contribution in [0.15, 0.2) is 24.3 Å². The molecule has 0 saturated heterocycles. The Balaban J connectivity index is 2.52. The first-order valence-electron chi connectivity index (χ1n) is 4.21. The zero-order valence-electron chi connectivity index (χ0n) is 7.36. The lowest BCUT2D eigenvalue weighted by Crippen LogP contribution is -2.26. The third kappa shape index (κ3) is 0.847. The first-order valence-corrected chi connectivity index (χ1v) is 4.21. The van der Waals surface area contributed by atoms with E-state index in [0.717, 1.165) is 11.3 Å². The lowest BCUT2D eigenvalue weighted by atomic mass is 10.1. The van der Waals surface area contributed by atoms with Gasteiger partial charge in [-0.1, -0.05) is 18.2 Å². The zero-order valence-corrected chi connectivity index (χ0v) is 7.36. The predicted octanol–water partition coefficient (Wildman–Crippen LogP) is 1.56. The van der Waals surface area contributed by atoms with Gasteiger partial charge in [0.15, 0.2) is 0 Å². The molecule has 0 fully saturated rings. The van der Waals surface area contributed by atoms with Gasteiger partial charge < -0.3 is 10.0 Å². The van der Waals surface area contributed by atoms with Crippen LogP contribution in [-0.4, -0.2) is 18.2 Å². The Kier molecular flexibility index (Phi) is 1.58. The van der Waals surface area contributed by atoms with E-state index in [4.69, 9.17) is 0 Å². The van der Waals surface area contributed by atoms with E-state index in [-0.39, 0.29) is 12.1 Å². The minimum absolute atomic E-state index is 0.197. The molecule has 2 heteroatoms. The minimum Gasteiger partial charge on any atom is -0.386 e. The largest absolute Gasteiger partial charge is 0.386 e. The van der Waals surface area contributed by atoms with Crippen molar-refractivity contribution in [3.8, 4) is 0 Å². The number of benzene rings is 1.